The molecule has 0 bridgehead atoms. The van der Waals surface area contributed by atoms with Crippen molar-refractivity contribution in [3.63, 3.8) is 0 Å². The normalized spacial score (nSPS) is 30.8. The molecule has 4 saturated heterocycles. The molecule has 7 atom stereocenters. The molecule has 8 rings (SSSR count). The molecule has 19 heteroatoms. The van der Waals surface area contributed by atoms with Gasteiger partial charge in [-0.15, -0.1) is 10.2 Å². The lowest BCUT2D eigenvalue weighted by molar-refractivity contribution is -0.283. The van der Waals surface area contributed by atoms with Gasteiger partial charge in [0.2, 0.25) is 16.4 Å². The van der Waals surface area contributed by atoms with Crippen LogP contribution in [0.3, 0.4) is 0 Å². The monoisotopic (exact) mass is 824 g/mol. The number of aliphatic hydroxyl groups is 1. The van der Waals surface area contributed by atoms with Crippen molar-refractivity contribution in [2.24, 2.45) is 0 Å². The summed E-state index contributed by atoms with van der Waals surface area (Å²) in [6, 6.07) is 7.01. The van der Waals surface area contributed by atoms with Crippen LogP contribution < -0.4 is 0 Å². The molecular weight excluding hydrogens is 794 g/mol. The van der Waals surface area contributed by atoms with E-state index in [1.165, 1.54) is 4.52 Å². The molecule has 4 aliphatic heterocycles. The third kappa shape index (κ3) is 7.01. The highest BCUT2D eigenvalue weighted by atomic mass is 79.9. The molecule has 0 spiro atoms. The smallest absolute Gasteiger partial charge is 0.338 e. The Morgan fingerprint density at radius 2 is 1.33 bits per heavy atom. The summed E-state index contributed by atoms with van der Waals surface area (Å²) in [5, 5.41) is 20.1. The number of hydrogen-bond acceptors (Lipinski definition) is 12. The Bertz CT molecular complexity index is 1890. The first-order valence-electron chi connectivity index (χ1n) is 15.4. The molecule has 14 nitrogen and oxygen atoms in total. The van der Waals surface area contributed by atoms with Crippen molar-refractivity contribution in [3.8, 4) is 0 Å². The Labute approximate surface area is 309 Å². The van der Waals surface area contributed by atoms with Crippen molar-refractivity contribution < 1.29 is 38.3 Å². The molecule has 8 heterocycles. The van der Waals surface area contributed by atoms with Crippen molar-refractivity contribution in [1.29, 1.82) is 0 Å². The van der Waals surface area contributed by atoms with Gasteiger partial charge in [-0.2, -0.15) is 0 Å². The van der Waals surface area contributed by atoms with E-state index in [2.05, 4.69) is 36.1 Å². The van der Waals surface area contributed by atoms with Gasteiger partial charge in [-0.25, -0.2) is 23.8 Å². The molecule has 0 aromatic carbocycles. The van der Waals surface area contributed by atoms with Crippen LogP contribution in [0.15, 0.2) is 28.9 Å². The zero-order chi connectivity index (χ0) is 35.6. The molecule has 4 aliphatic rings. The number of fused-ring (bicyclic) bond motifs is 4. The second-order valence-electron chi connectivity index (χ2n) is 12.5. The van der Waals surface area contributed by atoms with Gasteiger partial charge in [0, 0.05) is 0 Å². The van der Waals surface area contributed by atoms with Crippen LogP contribution in [0.1, 0.15) is 60.1 Å². The molecule has 266 valence electrons. The fraction of sp³-hybridized carbons (Fsp3) is 0.567. The molecule has 49 heavy (non-hydrogen) atoms. The van der Waals surface area contributed by atoms with Crippen LogP contribution in [-0.4, -0.2) is 88.5 Å². The van der Waals surface area contributed by atoms with Crippen LogP contribution in [-0.2, 0) is 39.0 Å². The van der Waals surface area contributed by atoms with Crippen molar-refractivity contribution in [2.75, 3.05) is 0 Å². The number of cyclic esters (lactones) is 1. The van der Waals surface area contributed by atoms with Crippen LogP contribution >= 0.6 is 62.3 Å². The lowest BCUT2D eigenvalue weighted by atomic mass is 10.0. The van der Waals surface area contributed by atoms with Gasteiger partial charge in [-0.05, 0) is 104 Å². The van der Waals surface area contributed by atoms with Crippen LogP contribution in [0.2, 0.25) is 20.9 Å². The summed E-state index contributed by atoms with van der Waals surface area (Å²) in [5.41, 5.74) is 1.62. The first-order chi connectivity index (χ1) is 23.0. The van der Waals surface area contributed by atoms with E-state index >= 15 is 0 Å². The Morgan fingerprint density at radius 1 is 0.776 bits per heavy atom. The van der Waals surface area contributed by atoms with Crippen molar-refractivity contribution in [3.05, 3.63) is 55.4 Å². The van der Waals surface area contributed by atoms with E-state index < -0.39 is 29.6 Å². The Kier molecular flexibility index (Phi) is 10.2. The molecule has 0 radical (unpaired) electrons. The molecule has 0 saturated carbocycles. The quantitative estimate of drug-likeness (QED) is 0.236. The average molecular weight is 827 g/mol. The number of carbonyl (C=O) groups is 1. The lowest BCUT2D eigenvalue weighted by Crippen LogP contribution is -2.41. The summed E-state index contributed by atoms with van der Waals surface area (Å²) in [6.07, 6.45) is -0.807. The highest BCUT2D eigenvalue weighted by Gasteiger charge is 2.64. The fourth-order valence-electron chi connectivity index (χ4n) is 6.20. The van der Waals surface area contributed by atoms with E-state index in [9.17, 15) is 9.90 Å². The second kappa shape index (κ2) is 13.6. The summed E-state index contributed by atoms with van der Waals surface area (Å²) in [6.45, 7) is 11.2. The maximum absolute atomic E-state index is 11.3. The highest BCUT2D eigenvalue weighted by molar-refractivity contribution is 9.10. The number of nitrogens with zero attached hydrogens (tertiary/aromatic N) is 6. The maximum atomic E-state index is 11.3. The molecule has 1 unspecified atom stereocenters. The van der Waals surface area contributed by atoms with Gasteiger partial charge in [0.1, 0.15) is 45.7 Å². The number of carbonyl (C=O) groups excluding carboxylic acids is 1. The summed E-state index contributed by atoms with van der Waals surface area (Å²) in [4.78, 5) is 19.0. The number of halogens is 5. The van der Waals surface area contributed by atoms with E-state index in [1.54, 1.807) is 16.6 Å². The van der Waals surface area contributed by atoms with Gasteiger partial charge in [-0.1, -0.05) is 37.0 Å². The number of hydrogen-bond donors (Lipinski definition) is 1. The predicted molar refractivity (Wildman–Crippen MR) is 181 cm³/mol. The van der Waals surface area contributed by atoms with Crippen LogP contribution in [0.5, 0.6) is 0 Å². The minimum absolute atomic E-state index is 0.0286. The Balaban J connectivity index is 0.000000140. The molecule has 4 aromatic heterocycles. The number of aromatic nitrogens is 6. The first-order valence-corrected chi connectivity index (χ1v) is 17.7. The topological polar surface area (TPSA) is 153 Å². The molecular formula is C30H33BrCl4N6O8. The van der Waals surface area contributed by atoms with Crippen LogP contribution in [0.25, 0.3) is 11.0 Å². The second-order valence-corrected chi connectivity index (χ2v) is 14.7. The standard InChI is InChI=1S/C15H17Cl2N3O4.C9H14O4.C6H2BrCl2N3/c1-4-8-10-11(24-14(2,3)23-10)15(21,22-8)9-6-5-7-12(16)18-13(17)19-20(7)9;1-4-5-6-7(8(10)11-5)13-9(2,3)12-6;7-4-2-1-3-5(8)10-6(9)11-12(3)4/h5-6,8,10-11,21H,4H2,1-3H3;5-7H,4H2,1-3H3;1-2H/t8-,10-,11-,15?;5-,6-,7-;/m11./s1. The van der Waals surface area contributed by atoms with Gasteiger partial charge in [0.25, 0.3) is 0 Å². The third-order valence-electron chi connectivity index (χ3n) is 8.21. The Morgan fingerprint density at radius 3 is 1.96 bits per heavy atom. The molecule has 4 fully saturated rings. The van der Waals surface area contributed by atoms with Crippen molar-refractivity contribution >= 4 is 79.3 Å². The number of ether oxygens (including phenoxy) is 6. The van der Waals surface area contributed by atoms with E-state index in [0.29, 0.717) is 22.8 Å². The van der Waals surface area contributed by atoms with Crippen LogP contribution in [0.4, 0.5) is 0 Å². The zero-order valence-electron chi connectivity index (χ0n) is 27.1. The van der Waals surface area contributed by atoms with E-state index in [4.69, 9.17) is 74.8 Å². The summed E-state index contributed by atoms with van der Waals surface area (Å²) < 4.78 is 37.7. The lowest BCUT2D eigenvalue weighted by Gasteiger charge is -2.29. The predicted octanol–water partition coefficient (Wildman–Crippen LogP) is 6.15. The minimum atomic E-state index is -1.73. The van der Waals surface area contributed by atoms with Crippen molar-refractivity contribution in [2.45, 2.75) is 108 Å². The third-order valence-corrected chi connectivity index (χ3v) is 9.69. The van der Waals surface area contributed by atoms with Gasteiger partial charge in [-0.3, -0.25) is 0 Å². The van der Waals surface area contributed by atoms with E-state index in [-0.39, 0.29) is 46.1 Å². The summed E-state index contributed by atoms with van der Waals surface area (Å²) in [7, 11) is 0. The fourth-order valence-corrected chi connectivity index (χ4v) is 7.46. The van der Waals surface area contributed by atoms with E-state index in [1.807, 2.05) is 53.7 Å². The largest absolute Gasteiger partial charge is 0.457 e. The number of rotatable bonds is 3. The minimum Gasteiger partial charge on any atom is -0.457 e. The molecule has 0 amide bonds. The number of esters is 1. The SMILES string of the molecule is CC[C@H]1OC(=O)[C@@H]2OC(C)(C)O[C@H]12.CC[C@H]1OC(O)(c2ccc3c(Cl)nc(Cl)nn23)[C@@H]2OC(C)(C)O[C@@H]21.Clc1nc(Cl)c2ccc(Br)n2n1. The highest BCUT2D eigenvalue weighted by Crippen LogP contribution is 2.48. The Hall–Kier alpha value is -1.89. The maximum Gasteiger partial charge on any atom is 0.338 e. The van der Waals surface area contributed by atoms with Gasteiger partial charge < -0.3 is 33.5 Å². The summed E-state index contributed by atoms with van der Waals surface area (Å²) >= 11 is 26.7. The summed E-state index contributed by atoms with van der Waals surface area (Å²) in [5.74, 6) is -3.48. The van der Waals surface area contributed by atoms with Crippen LogP contribution in [0, 0.1) is 0 Å². The molecule has 4 aromatic rings. The van der Waals surface area contributed by atoms with E-state index in [0.717, 1.165) is 16.5 Å². The molecule has 1 N–H and O–H groups in total. The van der Waals surface area contributed by atoms with Gasteiger partial charge in [0.15, 0.2) is 28.0 Å². The zero-order valence-corrected chi connectivity index (χ0v) is 31.7. The average Bonchev–Trinajstić information content (AvgIpc) is 3.84. The molecule has 0 aliphatic carbocycles. The van der Waals surface area contributed by atoms with Crippen molar-refractivity contribution in [1.82, 2.24) is 29.2 Å². The van der Waals surface area contributed by atoms with Gasteiger partial charge in [0.05, 0.1) is 6.10 Å². The van der Waals surface area contributed by atoms with Gasteiger partial charge >= 0.3 is 5.97 Å². The first kappa shape index (κ1) is 36.9.